The van der Waals surface area contributed by atoms with Crippen LogP contribution >= 0.6 is 0 Å². The molecule has 0 heterocycles. The van der Waals surface area contributed by atoms with Crippen molar-refractivity contribution in [1.29, 1.82) is 0 Å². The van der Waals surface area contributed by atoms with Gasteiger partial charge in [-0.1, -0.05) is 60.7 Å². The van der Waals surface area contributed by atoms with E-state index < -0.39 is 18.7 Å². The average Bonchev–Trinajstić information content (AvgIpc) is 2.46. The zero-order valence-electron chi connectivity index (χ0n) is 9.78. The van der Waals surface area contributed by atoms with Crippen LogP contribution in [0.4, 0.5) is 0 Å². The second kappa shape index (κ2) is 5.98. The fourth-order valence-corrected chi connectivity index (χ4v) is 1.75. The van der Waals surface area contributed by atoms with E-state index in [4.69, 9.17) is 4.74 Å². The highest BCUT2D eigenvalue weighted by atomic mass is 16.6. The minimum absolute atomic E-state index is 0.520. The van der Waals surface area contributed by atoms with Crippen LogP contribution in [-0.4, -0.2) is 12.6 Å². The molecule has 0 saturated heterocycles. The minimum atomic E-state index is -0.865. The van der Waals surface area contributed by atoms with Crippen molar-refractivity contribution >= 4 is 5.97 Å². The summed E-state index contributed by atoms with van der Waals surface area (Å²) in [7, 11) is 0. The van der Waals surface area contributed by atoms with Gasteiger partial charge in [-0.3, -0.25) is 0 Å². The first-order valence-corrected chi connectivity index (χ1v) is 5.68. The van der Waals surface area contributed by atoms with Crippen molar-refractivity contribution in [1.82, 2.24) is 0 Å². The lowest BCUT2D eigenvalue weighted by Crippen LogP contribution is -2.14. The molecule has 0 bridgehead atoms. The van der Waals surface area contributed by atoms with E-state index in [1.165, 1.54) is 0 Å². The van der Waals surface area contributed by atoms with Gasteiger partial charge in [0.2, 0.25) is 0 Å². The molecular formula is C15H13O3. The van der Waals surface area contributed by atoms with E-state index >= 15 is 0 Å². The molecule has 2 rings (SSSR count). The summed E-state index contributed by atoms with van der Waals surface area (Å²) in [5.41, 5.74) is 1.70. The van der Waals surface area contributed by atoms with Crippen molar-refractivity contribution in [3.8, 4) is 0 Å². The highest BCUT2D eigenvalue weighted by Crippen LogP contribution is 2.25. The SMILES string of the molecule is [O]CC(=O)OC(c1ccccc1)c1ccccc1. The Bertz CT molecular complexity index is 454. The quantitative estimate of drug-likeness (QED) is 0.773. The zero-order chi connectivity index (χ0) is 12.8. The zero-order valence-corrected chi connectivity index (χ0v) is 9.78. The number of rotatable bonds is 4. The van der Waals surface area contributed by atoms with E-state index in [2.05, 4.69) is 0 Å². The molecule has 0 N–H and O–H groups in total. The molecule has 0 aromatic heterocycles. The maximum Gasteiger partial charge on any atom is 0.336 e. The lowest BCUT2D eigenvalue weighted by atomic mass is 10.0. The van der Waals surface area contributed by atoms with E-state index in [1.54, 1.807) is 0 Å². The van der Waals surface area contributed by atoms with Crippen LogP contribution in [0.25, 0.3) is 0 Å². The molecule has 0 unspecified atom stereocenters. The number of hydrogen-bond donors (Lipinski definition) is 0. The van der Waals surface area contributed by atoms with Crippen LogP contribution in [0.5, 0.6) is 0 Å². The third kappa shape index (κ3) is 2.96. The molecule has 1 radical (unpaired) electrons. The summed E-state index contributed by atoms with van der Waals surface area (Å²) >= 11 is 0. The van der Waals surface area contributed by atoms with Gasteiger partial charge in [-0.2, -0.15) is 0 Å². The summed E-state index contributed by atoms with van der Waals surface area (Å²) in [6, 6.07) is 18.7. The molecule has 18 heavy (non-hydrogen) atoms. The Hall–Kier alpha value is -2.13. The van der Waals surface area contributed by atoms with Crippen molar-refractivity contribution in [2.75, 3.05) is 6.61 Å². The van der Waals surface area contributed by atoms with Crippen molar-refractivity contribution in [3.63, 3.8) is 0 Å². The fourth-order valence-electron chi connectivity index (χ4n) is 1.75. The second-order valence-corrected chi connectivity index (χ2v) is 3.84. The van der Waals surface area contributed by atoms with E-state index in [1.807, 2.05) is 60.7 Å². The van der Waals surface area contributed by atoms with Gasteiger partial charge in [0, 0.05) is 0 Å². The Balaban J connectivity index is 2.32. The average molecular weight is 241 g/mol. The number of carbonyl (C=O) groups is 1. The Morgan fingerprint density at radius 1 is 0.889 bits per heavy atom. The Labute approximate surface area is 106 Å². The van der Waals surface area contributed by atoms with Crippen LogP contribution in [0.3, 0.4) is 0 Å². The van der Waals surface area contributed by atoms with E-state index in [-0.39, 0.29) is 0 Å². The van der Waals surface area contributed by atoms with Gasteiger partial charge < -0.3 is 4.74 Å². The van der Waals surface area contributed by atoms with Crippen molar-refractivity contribution in [3.05, 3.63) is 71.8 Å². The summed E-state index contributed by atoms with van der Waals surface area (Å²) in [4.78, 5) is 11.2. The summed E-state index contributed by atoms with van der Waals surface area (Å²) in [6.45, 7) is -0.865. The van der Waals surface area contributed by atoms with Gasteiger partial charge in [-0.25, -0.2) is 9.90 Å². The largest absolute Gasteiger partial charge is 0.451 e. The summed E-state index contributed by atoms with van der Waals surface area (Å²) < 4.78 is 5.22. The first kappa shape index (κ1) is 12.3. The first-order chi connectivity index (χ1) is 8.81. The lowest BCUT2D eigenvalue weighted by Gasteiger charge is -2.18. The van der Waals surface area contributed by atoms with Gasteiger partial charge in [0.25, 0.3) is 0 Å². The molecule has 91 valence electrons. The summed E-state index contributed by atoms with van der Waals surface area (Å²) in [5, 5.41) is 10.6. The molecule has 3 nitrogen and oxygen atoms in total. The smallest absolute Gasteiger partial charge is 0.336 e. The van der Waals surface area contributed by atoms with E-state index in [0.717, 1.165) is 11.1 Å². The monoisotopic (exact) mass is 241 g/mol. The molecule has 0 aliphatic carbocycles. The maximum absolute atomic E-state index is 11.2. The predicted octanol–water partition coefficient (Wildman–Crippen LogP) is 2.75. The normalized spacial score (nSPS) is 10.3. The van der Waals surface area contributed by atoms with Crippen LogP contribution < -0.4 is 0 Å². The van der Waals surface area contributed by atoms with Crippen LogP contribution in [0.2, 0.25) is 0 Å². The molecule has 0 aliphatic heterocycles. The molecule has 0 saturated carbocycles. The Kier molecular flexibility index (Phi) is 4.10. The van der Waals surface area contributed by atoms with Gasteiger partial charge >= 0.3 is 5.97 Å². The molecular weight excluding hydrogens is 228 g/mol. The minimum Gasteiger partial charge on any atom is -0.451 e. The van der Waals surface area contributed by atoms with Crippen molar-refractivity contribution in [2.45, 2.75) is 6.10 Å². The number of hydrogen-bond acceptors (Lipinski definition) is 2. The number of ether oxygens (including phenoxy) is 1. The van der Waals surface area contributed by atoms with Crippen molar-refractivity contribution < 1.29 is 14.6 Å². The lowest BCUT2D eigenvalue weighted by molar-refractivity contribution is -0.152. The predicted molar refractivity (Wildman–Crippen MR) is 66.4 cm³/mol. The third-order valence-electron chi connectivity index (χ3n) is 2.57. The molecule has 0 spiro atoms. The van der Waals surface area contributed by atoms with E-state index in [0.29, 0.717) is 0 Å². The van der Waals surface area contributed by atoms with Gasteiger partial charge in [0.1, 0.15) is 0 Å². The molecule has 0 aliphatic rings. The highest BCUT2D eigenvalue weighted by Gasteiger charge is 2.18. The number of esters is 1. The standard InChI is InChI=1S/C15H13O3/c16-11-14(17)18-15(12-7-3-1-4-8-12)13-9-5-2-6-10-13/h1-10,15H,11H2. The molecule has 2 aromatic rings. The topological polar surface area (TPSA) is 46.2 Å². The first-order valence-electron chi connectivity index (χ1n) is 5.68. The summed E-state index contributed by atoms with van der Waals surface area (Å²) in [5.74, 6) is -0.743. The van der Waals surface area contributed by atoms with Gasteiger partial charge in [0.15, 0.2) is 12.7 Å². The van der Waals surface area contributed by atoms with Crippen molar-refractivity contribution in [2.24, 2.45) is 0 Å². The number of carbonyl (C=O) groups excluding carboxylic acids is 1. The van der Waals surface area contributed by atoms with Gasteiger partial charge in [-0.15, -0.1) is 0 Å². The van der Waals surface area contributed by atoms with Gasteiger partial charge in [-0.05, 0) is 11.1 Å². The van der Waals surface area contributed by atoms with Crippen LogP contribution in [0.1, 0.15) is 17.2 Å². The molecule has 0 atom stereocenters. The third-order valence-corrected chi connectivity index (χ3v) is 2.57. The number of benzene rings is 2. The molecule has 0 amide bonds. The second-order valence-electron chi connectivity index (χ2n) is 3.84. The summed E-state index contributed by atoms with van der Waals surface area (Å²) in [6.07, 6.45) is -0.520. The van der Waals surface area contributed by atoms with Crippen LogP contribution in [0, 0.1) is 0 Å². The maximum atomic E-state index is 11.2. The fraction of sp³-hybridized carbons (Fsp3) is 0.133. The van der Waals surface area contributed by atoms with Gasteiger partial charge in [0.05, 0.1) is 0 Å². The molecule has 3 heteroatoms. The van der Waals surface area contributed by atoms with Crippen LogP contribution in [-0.2, 0) is 14.6 Å². The highest BCUT2D eigenvalue weighted by molar-refractivity contribution is 5.71. The van der Waals surface area contributed by atoms with E-state index in [9.17, 15) is 9.90 Å². The Morgan fingerprint density at radius 2 is 1.33 bits per heavy atom. The molecule has 0 fully saturated rings. The van der Waals surface area contributed by atoms with Crippen LogP contribution in [0.15, 0.2) is 60.7 Å². The Morgan fingerprint density at radius 3 is 1.72 bits per heavy atom. The molecule has 2 aromatic carbocycles.